The molecule has 4 aromatic heterocycles. The molecule has 364 valence electrons. The minimum absolute atomic E-state index is 0.177. The van der Waals surface area contributed by atoms with Crippen molar-refractivity contribution in [1.82, 2.24) is 39.7 Å². The van der Waals surface area contributed by atoms with E-state index in [2.05, 4.69) is 116 Å². The predicted octanol–water partition coefficient (Wildman–Crippen LogP) is 9.53. The van der Waals surface area contributed by atoms with Gasteiger partial charge in [-0.05, 0) is 128 Å². The molecule has 2 saturated heterocycles. The predicted molar refractivity (Wildman–Crippen MR) is 279 cm³/mol. The van der Waals surface area contributed by atoms with Crippen molar-refractivity contribution < 1.29 is 19.7 Å². The SMILES string of the molecule is C[C@@H]1COC[C@@H](C)N1Cc1cc(Cc2nc3ccc(Br)cc3s2)nc(NC2CCC(O)CC2)n1.C[C@@H]1COC[C@H](C)N1Cc1cc(Cc2nc3ccc(Br)cc3s2)nc(NC2CCC(O)CC2)n1. The van der Waals surface area contributed by atoms with E-state index in [4.69, 9.17) is 39.4 Å². The Balaban J connectivity index is 0.000000170. The average molecular weight is 1090 g/mol. The molecule has 2 saturated carbocycles. The lowest BCUT2D eigenvalue weighted by atomic mass is 9.93. The van der Waals surface area contributed by atoms with Crippen LogP contribution in [0.1, 0.15) is 112 Å². The molecule has 2 aromatic carbocycles. The summed E-state index contributed by atoms with van der Waals surface area (Å²) >= 11 is 10.5. The van der Waals surface area contributed by atoms with E-state index in [1.54, 1.807) is 22.7 Å². The topological polar surface area (TPSA) is 167 Å². The molecular weight excluding hydrogens is 1030 g/mol. The number of aliphatic hydroxyl groups is 2. The minimum atomic E-state index is -0.177. The van der Waals surface area contributed by atoms with Crippen molar-refractivity contribution in [1.29, 1.82) is 0 Å². The summed E-state index contributed by atoms with van der Waals surface area (Å²) in [6.07, 6.45) is 8.07. The number of rotatable bonds is 12. The number of thiazole rings is 2. The van der Waals surface area contributed by atoms with Crippen LogP contribution in [0.3, 0.4) is 0 Å². The van der Waals surface area contributed by atoms with E-state index in [0.717, 1.165) is 144 Å². The van der Waals surface area contributed by atoms with Gasteiger partial charge in [0, 0.05) is 71.1 Å². The fraction of sp³-hybridized carbons (Fsp3) is 0.560. The van der Waals surface area contributed by atoms with Crippen molar-refractivity contribution in [3.05, 3.63) is 90.3 Å². The van der Waals surface area contributed by atoms with Crippen LogP contribution < -0.4 is 10.6 Å². The summed E-state index contributed by atoms with van der Waals surface area (Å²) in [6.45, 7) is 13.4. The van der Waals surface area contributed by atoms with Crippen LogP contribution >= 0.6 is 54.5 Å². The average Bonchev–Trinajstić information content (AvgIpc) is 3.90. The number of hydrogen-bond donors (Lipinski definition) is 4. The molecule has 2 aliphatic carbocycles. The quantitative estimate of drug-likeness (QED) is 0.0915. The molecule has 4 atom stereocenters. The number of halogens is 2. The van der Waals surface area contributed by atoms with Gasteiger partial charge in [0.15, 0.2) is 0 Å². The molecule has 4 N–H and O–H groups in total. The lowest BCUT2D eigenvalue weighted by Gasteiger charge is -2.38. The van der Waals surface area contributed by atoms with Crippen molar-refractivity contribution in [3.63, 3.8) is 0 Å². The Hall–Kier alpha value is -3.30. The minimum Gasteiger partial charge on any atom is -0.393 e. The summed E-state index contributed by atoms with van der Waals surface area (Å²) < 4.78 is 15.9. The highest BCUT2D eigenvalue weighted by atomic mass is 79.9. The van der Waals surface area contributed by atoms with Gasteiger partial charge in [0.05, 0.1) is 91.9 Å². The van der Waals surface area contributed by atoms with E-state index in [9.17, 15) is 10.2 Å². The maximum atomic E-state index is 9.87. The van der Waals surface area contributed by atoms with Crippen molar-refractivity contribution in [3.8, 4) is 0 Å². The van der Waals surface area contributed by atoms with Crippen LogP contribution in [-0.4, -0.2) is 125 Å². The standard InChI is InChI=1S/2C25H32BrN5O2S/c2*1-15-13-33-14-16(2)31(15)12-20-10-19(11-24-30-22-8-3-17(26)9-23(22)34-24)28-25(29-20)27-18-4-6-21(32)7-5-18/h2*3,8-10,15-16,18,21,32H,4-7,11-14H2,1-2H3,(H,27,28,29)/t15-,16+,18?,21?;15-,16-,18?,21?/m.1/s1. The molecule has 0 amide bonds. The Kier molecular flexibility index (Phi) is 16.7. The summed E-state index contributed by atoms with van der Waals surface area (Å²) in [5.41, 5.74) is 6.05. The summed E-state index contributed by atoms with van der Waals surface area (Å²) in [4.78, 5) is 34.2. The van der Waals surface area contributed by atoms with E-state index in [0.29, 0.717) is 61.0 Å². The van der Waals surface area contributed by atoms with Crippen LogP contribution in [0.4, 0.5) is 11.9 Å². The van der Waals surface area contributed by atoms with E-state index in [-0.39, 0.29) is 12.2 Å². The first-order chi connectivity index (χ1) is 32.8. The highest BCUT2D eigenvalue weighted by Gasteiger charge is 2.29. The van der Waals surface area contributed by atoms with Crippen LogP contribution in [0.25, 0.3) is 20.4 Å². The number of aromatic nitrogens is 6. The van der Waals surface area contributed by atoms with Crippen molar-refractivity contribution in [2.24, 2.45) is 0 Å². The number of nitrogens with zero attached hydrogens (tertiary/aromatic N) is 8. The Morgan fingerprint density at radius 1 is 0.529 bits per heavy atom. The first-order valence-electron chi connectivity index (χ1n) is 24.3. The molecular formula is C50H64Br2N10O4S2. The number of anilines is 2. The zero-order valence-corrected chi connectivity index (χ0v) is 44.2. The maximum absolute atomic E-state index is 9.87. The Labute approximate surface area is 424 Å². The number of ether oxygens (including phenoxy) is 2. The smallest absolute Gasteiger partial charge is 0.223 e. The van der Waals surface area contributed by atoms with Crippen LogP contribution in [0.2, 0.25) is 0 Å². The van der Waals surface area contributed by atoms with E-state index >= 15 is 0 Å². The van der Waals surface area contributed by atoms with E-state index in [1.807, 2.05) is 12.1 Å². The van der Waals surface area contributed by atoms with Gasteiger partial charge in [-0.2, -0.15) is 0 Å². The third-order valence-electron chi connectivity index (χ3n) is 13.6. The van der Waals surface area contributed by atoms with Crippen LogP contribution in [0, 0.1) is 0 Å². The highest BCUT2D eigenvalue weighted by Crippen LogP contribution is 2.30. The van der Waals surface area contributed by atoms with Gasteiger partial charge in [-0.1, -0.05) is 31.9 Å². The fourth-order valence-corrected chi connectivity index (χ4v) is 12.9. The van der Waals surface area contributed by atoms with Gasteiger partial charge in [0.25, 0.3) is 0 Å². The van der Waals surface area contributed by atoms with Gasteiger partial charge in [0.1, 0.15) is 0 Å². The molecule has 14 nitrogen and oxygen atoms in total. The number of fused-ring (bicyclic) bond motifs is 2. The Morgan fingerprint density at radius 2 is 0.897 bits per heavy atom. The molecule has 18 heteroatoms. The molecule has 6 aromatic rings. The largest absolute Gasteiger partial charge is 0.393 e. The molecule has 0 bridgehead atoms. The van der Waals surface area contributed by atoms with Gasteiger partial charge >= 0.3 is 0 Å². The number of hydrogen-bond acceptors (Lipinski definition) is 16. The number of aliphatic hydroxyl groups excluding tert-OH is 2. The Bertz CT molecular complexity index is 2420. The highest BCUT2D eigenvalue weighted by molar-refractivity contribution is 9.10. The summed E-state index contributed by atoms with van der Waals surface area (Å²) in [5.74, 6) is 1.37. The second kappa shape index (κ2) is 22.8. The van der Waals surface area contributed by atoms with Gasteiger partial charge < -0.3 is 30.3 Å². The molecule has 2 aliphatic heterocycles. The fourth-order valence-electron chi connectivity index (χ4n) is 9.81. The summed E-state index contributed by atoms with van der Waals surface area (Å²) in [7, 11) is 0. The third-order valence-corrected chi connectivity index (χ3v) is 16.6. The number of nitrogens with one attached hydrogen (secondary N) is 2. The molecule has 0 radical (unpaired) electrons. The molecule has 10 rings (SSSR count). The second-order valence-electron chi connectivity index (χ2n) is 19.3. The molecule has 4 fully saturated rings. The number of benzene rings is 2. The molecule has 4 aliphatic rings. The first kappa shape index (κ1) is 49.7. The van der Waals surface area contributed by atoms with Crippen molar-refractivity contribution in [2.45, 2.75) is 153 Å². The second-order valence-corrected chi connectivity index (χ2v) is 23.3. The van der Waals surface area contributed by atoms with Crippen LogP contribution in [0.5, 0.6) is 0 Å². The maximum Gasteiger partial charge on any atom is 0.223 e. The lowest BCUT2D eigenvalue weighted by molar-refractivity contribution is -0.0414. The molecule has 0 spiro atoms. The van der Waals surface area contributed by atoms with Crippen molar-refractivity contribution in [2.75, 3.05) is 37.1 Å². The Morgan fingerprint density at radius 3 is 1.28 bits per heavy atom. The first-order valence-corrected chi connectivity index (χ1v) is 27.5. The lowest BCUT2D eigenvalue weighted by Crippen LogP contribution is -2.49. The van der Waals surface area contributed by atoms with Crippen molar-refractivity contribution >= 4 is 86.9 Å². The van der Waals surface area contributed by atoms with Gasteiger partial charge in [0.2, 0.25) is 11.9 Å². The summed E-state index contributed by atoms with van der Waals surface area (Å²) in [6, 6.07) is 18.7. The van der Waals surface area contributed by atoms with Gasteiger partial charge in [-0.3, -0.25) is 9.80 Å². The molecule has 6 heterocycles. The monoisotopic (exact) mass is 1090 g/mol. The molecule has 0 unspecified atom stereocenters. The van der Waals surface area contributed by atoms with E-state index < -0.39 is 0 Å². The van der Waals surface area contributed by atoms with Gasteiger partial charge in [-0.15, -0.1) is 22.7 Å². The normalized spacial score (nSPS) is 26.1. The van der Waals surface area contributed by atoms with Crippen LogP contribution in [-0.2, 0) is 35.4 Å². The third kappa shape index (κ3) is 13.2. The van der Waals surface area contributed by atoms with E-state index in [1.165, 1.54) is 9.40 Å². The zero-order valence-electron chi connectivity index (χ0n) is 39.4. The van der Waals surface area contributed by atoms with Crippen LogP contribution in [0.15, 0.2) is 57.5 Å². The molecule has 68 heavy (non-hydrogen) atoms. The number of morpholine rings is 2. The van der Waals surface area contributed by atoms with Gasteiger partial charge in [-0.25, -0.2) is 29.9 Å². The zero-order chi connectivity index (χ0) is 47.3. The summed E-state index contributed by atoms with van der Waals surface area (Å²) in [5, 5.41) is 29.0.